The van der Waals surface area contributed by atoms with Crippen LogP contribution in [0.15, 0.2) is 16.6 Å². The van der Waals surface area contributed by atoms with Gasteiger partial charge < -0.3 is 14.8 Å². The number of Topliss-reactive ketones (excluding diaryl/α,β-unsaturated/α-hetero) is 1. The van der Waals surface area contributed by atoms with Gasteiger partial charge in [-0.2, -0.15) is 0 Å². The molecule has 1 N–H and O–H groups in total. The zero-order valence-electron chi connectivity index (χ0n) is 11.2. The molecule has 1 fully saturated rings. The number of hydrogen-bond donors (Lipinski definition) is 1. The summed E-state index contributed by atoms with van der Waals surface area (Å²) in [4.78, 5) is 12.6. The maximum Gasteiger partial charge on any atom is 0.184 e. The molecule has 0 saturated carbocycles. The number of benzene rings is 1. The molecular formula is C14H18BrNO3. The van der Waals surface area contributed by atoms with Crippen molar-refractivity contribution in [2.75, 3.05) is 20.8 Å². The third kappa shape index (κ3) is 3.09. The normalized spacial score (nSPS) is 19.0. The van der Waals surface area contributed by atoms with E-state index in [1.165, 1.54) is 0 Å². The molecular weight excluding hydrogens is 310 g/mol. The first-order chi connectivity index (χ1) is 9.17. The smallest absolute Gasteiger partial charge is 0.184 e. The second-order valence-electron chi connectivity index (χ2n) is 4.55. The van der Waals surface area contributed by atoms with Crippen LogP contribution >= 0.6 is 15.9 Å². The van der Waals surface area contributed by atoms with Gasteiger partial charge in [-0.1, -0.05) is 6.42 Å². The Bertz CT molecular complexity index is 470. The van der Waals surface area contributed by atoms with Crippen LogP contribution in [0.3, 0.4) is 0 Å². The van der Waals surface area contributed by atoms with Crippen LogP contribution in [0.4, 0.5) is 0 Å². The molecule has 0 spiro atoms. The lowest BCUT2D eigenvalue weighted by atomic mass is 9.96. The van der Waals surface area contributed by atoms with Gasteiger partial charge in [0, 0.05) is 10.5 Å². The van der Waals surface area contributed by atoms with Crippen LogP contribution in [0, 0.1) is 0 Å². The Kier molecular flexibility index (Phi) is 4.82. The van der Waals surface area contributed by atoms with Crippen molar-refractivity contribution < 1.29 is 14.3 Å². The molecule has 1 aromatic rings. The van der Waals surface area contributed by atoms with Gasteiger partial charge >= 0.3 is 0 Å². The van der Waals surface area contributed by atoms with Crippen LogP contribution in [0.1, 0.15) is 29.6 Å². The zero-order valence-corrected chi connectivity index (χ0v) is 12.7. The largest absolute Gasteiger partial charge is 0.497 e. The molecule has 5 heteroatoms. The summed E-state index contributed by atoms with van der Waals surface area (Å²) in [5.74, 6) is 1.28. The molecule has 104 valence electrons. The van der Waals surface area contributed by atoms with Crippen LogP contribution < -0.4 is 14.8 Å². The monoisotopic (exact) mass is 327 g/mol. The minimum Gasteiger partial charge on any atom is -0.497 e. The number of rotatable bonds is 4. The van der Waals surface area contributed by atoms with Gasteiger partial charge in [0.05, 0.1) is 25.8 Å². The van der Waals surface area contributed by atoms with Crippen molar-refractivity contribution in [3.05, 3.63) is 22.2 Å². The summed E-state index contributed by atoms with van der Waals surface area (Å²) in [6.07, 6.45) is 3.09. The van der Waals surface area contributed by atoms with Crippen LogP contribution in [0.5, 0.6) is 11.5 Å². The Morgan fingerprint density at radius 1 is 1.32 bits per heavy atom. The molecule has 0 radical (unpaired) electrons. The fourth-order valence-corrected chi connectivity index (χ4v) is 2.94. The summed E-state index contributed by atoms with van der Waals surface area (Å²) in [5, 5.41) is 3.27. The highest BCUT2D eigenvalue weighted by Crippen LogP contribution is 2.34. The van der Waals surface area contributed by atoms with Gasteiger partial charge in [0.15, 0.2) is 5.78 Å². The number of carbonyl (C=O) groups excluding carboxylic acids is 1. The van der Waals surface area contributed by atoms with E-state index in [1.807, 2.05) is 0 Å². The summed E-state index contributed by atoms with van der Waals surface area (Å²) in [7, 11) is 3.15. The van der Waals surface area contributed by atoms with Crippen molar-refractivity contribution in [3.8, 4) is 11.5 Å². The van der Waals surface area contributed by atoms with Crippen LogP contribution in [-0.4, -0.2) is 32.6 Å². The molecule has 1 aliphatic rings. The van der Waals surface area contributed by atoms with E-state index in [9.17, 15) is 4.79 Å². The number of carbonyl (C=O) groups is 1. The standard InChI is InChI=1S/C14H18BrNO3/c1-18-9-7-10(15)13(12(8-9)19-2)14(17)11-5-3-4-6-16-11/h7-8,11,16H,3-6H2,1-2H3. The van der Waals surface area contributed by atoms with Crippen molar-refractivity contribution in [2.45, 2.75) is 25.3 Å². The molecule has 1 atom stereocenters. The van der Waals surface area contributed by atoms with E-state index in [0.717, 1.165) is 25.8 Å². The molecule has 1 aromatic carbocycles. The number of ether oxygens (including phenoxy) is 2. The molecule has 1 saturated heterocycles. The van der Waals surface area contributed by atoms with Gasteiger partial charge in [0.2, 0.25) is 0 Å². The maximum atomic E-state index is 12.6. The predicted octanol–water partition coefficient (Wildman–Crippen LogP) is 2.79. The lowest BCUT2D eigenvalue weighted by molar-refractivity contribution is 0.0923. The Labute approximate surface area is 121 Å². The van der Waals surface area contributed by atoms with Crippen molar-refractivity contribution in [1.82, 2.24) is 5.32 Å². The Hall–Kier alpha value is -1.07. The molecule has 4 nitrogen and oxygen atoms in total. The zero-order chi connectivity index (χ0) is 13.8. The summed E-state index contributed by atoms with van der Waals surface area (Å²) in [6, 6.07) is 3.41. The first kappa shape index (κ1) is 14.3. The van der Waals surface area contributed by atoms with Gasteiger partial charge in [0.25, 0.3) is 0 Å². The SMILES string of the molecule is COc1cc(Br)c(C(=O)C2CCCCN2)c(OC)c1. The molecule has 1 aliphatic heterocycles. The van der Waals surface area contributed by atoms with Crippen molar-refractivity contribution in [1.29, 1.82) is 0 Å². The minimum absolute atomic E-state index is 0.0751. The third-order valence-electron chi connectivity index (χ3n) is 3.36. The number of piperidine rings is 1. The lowest BCUT2D eigenvalue weighted by Crippen LogP contribution is -2.40. The summed E-state index contributed by atoms with van der Waals surface area (Å²) in [6.45, 7) is 0.895. The van der Waals surface area contributed by atoms with Crippen LogP contribution in [0.2, 0.25) is 0 Å². The van der Waals surface area contributed by atoms with E-state index in [4.69, 9.17) is 9.47 Å². The first-order valence-electron chi connectivity index (χ1n) is 6.36. The molecule has 2 rings (SSSR count). The van der Waals surface area contributed by atoms with Gasteiger partial charge in [-0.05, 0) is 41.4 Å². The Morgan fingerprint density at radius 2 is 2.11 bits per heavy atom. The van der Waals surface area contributed by atoms with Crippen LogP contribution in [-0.2, 0) is 0 Å². The van der Waals surface area contributed by atoms with E-state index >= 15 is 0 Å². The molecule has 0 aliphatic carbocycles. The first-order valence-corrected chi connectivity index (χ1v) is 7.15. The molecule has 0 aromatic heterocycles. The highest BCUT2D eigenvalue weighted by Gasteiger charge is 2.26. The highest BCUT2D eigenvalue weighted by molar-refractivity contribution is 9.10. The predicted molar refractivity (Wildman–Crippen MR) is 77.2 cm³/mol. The third-order valence-corrected chi connectivity index (χ3v) is 3.98. The second-order valence-corrected chi connectivity index (χ2v) is 5.41. The fourth-order valence-electron chi connectivity index (χ4n) is 2.33. The number of nitrogens with one attached hydrogen (secondary N) is 1. The number of halogens is 1. The Balaban J connectivity index is 2.34. The molecule has 1 heterocycles. The molecule has 0 amide bonds. The quantitative estimate of drug-likeness (QED) is 0.864. The van der Waals surface area contributed by atoms with E-state index in [1.54, 1.807) is 26.4 Å². The molecule has 0 bridgehead atoms. The van der Waals surface area contributed by atoms with Gasteiger partial charge in [-0.3, -0.25) is 4.79 Å². The topological polar surface area (TPSA) is 47.6 Å². The fraction of sp³-hybridized carbons (Fsp3) is 0.500. The lowest BCUT2D eigenvalue weighted by Gasteiger charge is -2.23. The second kappa shape index (κ2) is 6.39. The summed E-state index contributed by atoms with van der Waals surface area (Å²) >= 11 is 3.44. The number of hydrogen-bond acceptors (Lipinski definition) is 4. The van der Waals surface area contributed by atoms with E-state index in [0.29, 0.717) is 21.5 Å². The molecule has 19 heavy (non-hydrogen) atoms. The van der Waals surface area contributed by atoms with Crippen molar-refractivity contribution >= 4 is 21.7 Å². The average Bonchev–Trinajstić information content (AvgIpc) is 2.46. The number of methoxy groups -OCH3 is 2. The molecule has 1 unspecified atom stereocenters. The van der Waals surface area contributed by atoms with E-state index < -0.39 is 0 Å². The summed E-state index contributed by atoms with van der Waals surface area (Å²) < 4.78 is 11.2. The summed E-state index contributed by atoms with van der Waals surface area (Å²) in [5.41, 5.74) is 0.586. The number of ketones is 1. The maximum absolute atomic E-state index is 12.6. The van der Waals surface area contributed by atoms with E-state index in [-0.39, 0.29) is 11.8 Å². The van der Waals surface area contributed by atoms with E-state index in [2.05, 4.69) is 21.2 Å². The van der Waals surface area contributed by atoms with Gasteiger partial charge in [0.1, 0.15) is 11.5 Å². The minimum atomic E-state index is -0.118. The van der Waals surface area contributed by atoms with Crippen LogP contribution in [0.25, 0.3) is 0 Å². The average molecular weight is 328 g/mol. The van der Waals surface area contributed by atoms with Gasteiger partial charge in [-0.15, -0.1) is 0 Å². The Morgan fingerprint density at radius 3 is 2.68 bits per heavy atom. The highest BCUT2D eigenvalue weighted by atomic mass is 79.9. The van der Waals surface area contributed by atoms with Crippen molar-refractivity contribution in [3.63, 3.8) is 0 Å². The van der Waals surface area contributed by atoms with Crippen molar-refractivity contribution in [2.24, 2.45) is 0 Å². The van der Waals surface area contributed by atoms with Gasteiger partial charge in [-0.25, -0.2) is 0 Å².